The summed E-state index contributed by atoms with van der Waals surface area (Å²) in [5, 5.41) is 0.918. The minimum atomic E-state index is -4.43. The van der Waals surface area contributed by atoms with E-state index in [-0.39, 0.29) is 5.56 Å². The molecule has 2 heterocycles. The van der Waals surface area contributed by atoms with Crippen LogP contribution in [0.1, 0.15) is 5.56 Å². The van der Waals surface area contributed by atoms with Crippen molar-refractivity contribution in [2.45, 2.75) is 6.18 Å². The molecule has 0 fully saturated rings. The fourth-order valence-electron chi connectivity index (χ4n) is 2.12. The van der Waals surface area contributed by atoms with E-state index in [9.17, 15) is 18.0 Å². The lowest BCUT2D eigenvalue weighted by atomic mass is 10.1. The first-order chi connectivity index (χ1) is 10.4. The molecule has 0 atom stereocenters. The van der Waals surface area contributed by atoms with Gasteiger partial charge in [-0.1, -0.05) is 11.6 Å². The summed E-state index contributed by atoms with van der Waals surface area (Å²) >= 11 is 6.27. The average Bonchev–Trinajstić information content (AvgIpc) is 2.47. The first-order valence-electron chi connectivity index (χ1n) is 6.21. The molecule has 0 radical (unpaired) electrons. The minimum Gasteiger partial charge on any atom is -0.322 e. The number of aromatic amines is 1. The third kappa shape index (κ3) is 2.57. The van der Waals surface area contributed by atoms with Crippen molar-refractivity contribution in [2.24, 2.45) is 0 Å². The van der Waals surface area contributed by atoms with Crippen LogP contribution in [0.15, 0.2) is 47.4 Å². The summed E-state index contributed by atoms with van der Waals surface area (Å²) in [6.45, 7) is 0. The second kappa shape index (κ2) is 5.14. The van der Waals surface area contributed by atoms with E-state index in [1.165, 1.54) is 12.1 Å². The Labute approximate surface area is 127 Å². The van der Waals surface area contributed by atoms with Crippen molar-refractivity contribution < 1.29 is 13.2 Å². The predicted molar refractivity (Wildman–Crippen MR) is 77.8 cm³/mol. The van der Waals surface area contributed by atoms with Gasteiger partial charge in [0.15, 0.2) is 0 Å². The Morgan fingerprint density at radius 3 is 2.45 bits per heavy atom. The molecule has 22 heavy (non-hydrogen) atoms. The first-order valence-corrected chi connectivity index (χ1v) is 6.59. The van der Waals surface area contributed by atoms with Crippen molar-refractivity contribution in [3.63, 3.8) is 0 Å². The number of H-pyrrole nitrogens is 1. The van der Waals surface area contributed by atoms with E-state index in [1.54, 1.807) is 18.2 Å². The zero-order chi connectivity index (χ0) is 15.9. The van der Waals surface area contributed by atoms with Gasteiger partial charge in [-0.05, 0) is 30.3 Å². The third-order valence-electron chi connectivity index (χ3n) is 3.21. The van der Waals surface area contributed by atoms with E-state index in [1.807, 2.05) is 0 Å². The van der Waals surface area contributed by atoms with Gasteiger partial charge >= 0.3 is 6.18 Å². The number of alkyl halides is 3. The summed E-state index contributed by atoms with van der Waals surface area (Å²) < 4.78 is 37.6. The molecule has 3 nitrogen and oxygen atoms in total. The molecule has 7 heteroatoms. The fraction of sp³-hybridized carbons (Fsp3) is 0.0667. The van der Waals surface area contributed by atoms with Gasteiger partial charge < -0.3 is 4.98 Å². The maximum Gasteiger partial charge on any atom is 0.417 e. The van der Waals surface area contributed by atoms with Crippen LogP contribution in [-0.4, -0.2) is 9.97 Å². The molecule has 0 bridgehead atoms. The molecular weight excluding hydrogens is 317 g/mol. The fourth-order valence-corrected chi connectivity index (χ4v) is 2.44. The Balaban J connectivity index is 2.12. The van der Waals surface area contributed by atoms with Crippen molar-refractivity contribution in [2.75, 3.05) is 0 Å². The van der Waals surface area contributed by atoms with Crippen LogP contribution in [0.2, 0.25) is 5.02 Å². The molecule has 3 aromatic rings. The lowest BCUT2D eigenvalue weighted by Crippen LogP contribution is -2.05. The molecule has 0 aliphatic rings. The largest absolute Gasteiger partial charge is 0.417 e. The maximum atomic E-state index is 12.5. The third-order valence-corrected chi connectivity index (χ3v) is 3.61. The zero-order valence-corrected chi connectivity index (χ0v) is 11.7. The number of halogens is 4. The Hall–Kier alpha value is -2.34. The molecule has 0 aliphatic heterocycles. The number of benzene rings is 1. The quantitative estimate of drug-likeness (QED) is 0.727. The molecule has 0 aliphatic carbocycles. The van der Waals surface area contributed by atoms with Gasteiger partial charge in [-0.3, -0.25) is 9.78 Å². The molecule has 0 saturated heterocycles. The Kier molecular flexibility index (Phi) is 3.41. The number of hydrogen-bond donors (Lipinski definition) is 1. The number of aromatic nitrogens is 2. The molecule has 0 unspecified atom stereocenters. The predicted octanol–water partition coefficient (Wildman–Crippen LogP) is 4.26. The number of nitrogens with one attached hydrogen (secondary N) is 1. The summed E-state index contributed by atoms with van der Waals surface area (Å²) in [6, 6.07) is 8.35. The SMILES string of the molecule is O=c1ccc2c(Cl)c(-c3ccc(C(F)(F)F)cn3)ccc2[nH]1. The molecular formula is C15H8ClF3N2O. The summed E-state index contributed by atoms with van der Waals surface area (Å²) in [4.78, 5) is 17.7. The standard InChI is InChI=1S/C15H8ClF3N2O/c16-14-9(2-5-12-10(14)3-6-13(22)21-12)11-4-1-8(7-20-11)15(17,18)19/h1-7H,(H,21,22). The van der Waals surface area contributed by atoms with Gasteiger partial charge in [0.2, 0.25) is 5.56 Å². The number of rotatable bonds is 1. The Morgan fingerprint density at radius 1 is 1.05 bits per heavy atom. The van der Waals surface area contributed by atoms with Gasteiger partial charge in [0.25, 0.3) is 0 Å². The molecule has 0 amide bonds. The summed E-state index contributed by atoms with van der Waals surface area (Å²) in [6.07, 6.45) is -3.67. The first kappa shape index (κ1) is 14.6. The van der Waals surface area contributed by atoms with Gasteiger partial charge in [-0.2, -0.15) is 13.2 Å². The van der Waals surface area contributed by atoms with Crippen LogP contribution in [-0.2, 0) is 6.18 Å². The monoisotopic (exact) mass is 324 g/mol. The topological polar surface area (TPSA) is 45.8 Å². The second-order valence-corrected chi connectivity index (χ2v) is 5.02. The number of nitrogens with zero attached hydrogens (tertiary/aromatic N) is 1. The van der Waals surface area contributed by atoms with Gasteiger partial charge in [0.05, 0.1) is 16.3 Å². The Bertz CT molecular complexity index is 901. The number of fused-ring (bicyclic) bond motifs is 1. The van der Waals surface area contributed by atoms with Gasteiger partial charge in [0.1, 0.15) is 0 Å². The van der Waals surface area contributed by atoms with Gasteiger partial charge in [-0.15, -0.1) is 0 Å². The van der Waals surface area contributed by atoms with Crippen molar-refractivity contribution in [1.29, 1.82) is 0 Å². The zero-order valence-electron chi connectivity index (χ0n) is 10.9. The lowest BCUT2D eigenvalue weighted by Gasteiger charge is -2.09. The maximum absolute atomic E-state index is 12.5. The van der Waals surface area contributed by atoms with Crippen LogP contribution in [0, 0.1) is 0 Å². The summed E-state index contributed by atoms with van der Waals surface area (Å²) in [7, 11) is 0. The normalized spacial score (nSPS) is 11.8. The van der Waals surface area contributed by atoms with E-state index in [0.29, 0.717) is 27.2 Å². The second-order valence-electron chi connectivity index (χ2n) is 4.64. The van der Waals surface area contributed by atoms with E-state index in [4.69, 9.17) is 11.6 Å². The van der Waals surface area contributed by atoms with Crippen LogP contribution < -0.4 is 5.56 Å². The van der Waals surface area contributed by atoms with Crippen molar-refractivity contribution in [3.05, 3.63) is 63.5 Å². The minimum absolute atomic E-state index is 0.260. The molecule has 112 valence electrons. The molecule has 0 spiro atoms. The highest BCUT2D eigenvalue weighted by Gasteiger charge is 2.30. The highest BCUT2D eigenvalue weighted by Crippen LogP contribution is 2.34. The van der Waals surface area contributed by atoms with Gasteiger partial charge in [-0.25, -0.2) is 0 Å². The van der Waals surface area contributed by atoms with E-state index in [0.717, 1.165) is 12.3 Å². The smallest absolute Gasteiger partial charge is 0.322 e. The van der Waals surface area contributed by atoms with E-state index in [2.05, 4.69) is 9.97 Å². The van der Waals surface area contributed by atoms with Crippen LogP contribution in [0.5, 0.6) is 0 Å². The van der Waals surface area contributed by atoms with Crippen molar-refractivity contribution >= 4 is 22.5 Å². The summed E-state index contributed by atoms with van der Waals surface area (Å²) in [5.41, 5.74) is 0.288. The number of pyridine rings is 2. The average molecular weight is 325 g/mol. The van der Waals surface area contributed by atoms with Crippen LogP contribution in [0.25, 0.3) is 22.2 Å². The Morgan fingerprint density at radius 2 is 1.82 bits per heavy atom. The molecule has 3 rings (SSSR count). The lowest BCUT2D eigenvalue weighted by molar-refractivity contribution is -0.137. The molecule has 1 N–H and O–H groups in total. The highest BCUT2D eigenvalue weighted by molar-refractivity contribution is 6.38. The summed E-state index contributed by atoms with van der Waals surface area (Å²) in [5.74, 6) is 0. The van der Waals surface area contributed by atoms with E-state index >= 15 is 0 Å². The van der Waals surface area contributed by atoms with Crippen LogP contribution >= 0.6 is 11.6 Å². The van der Waals surface area contributed by atoms with Crippen molar-refractivity contribution in [3.8, 4) is 11.3 Å². The highest BCUT2D eigenvalue weighted by atomic mass is 35.5. The van der Waals surface area contributed by atoms with Crippen LogP contribution in [0.3, 0.4) is 0 Å². The van der Waals surface area contributed by atoms with E-state index < -0.39 is 11.7 Å². The van der Waals surface area contributed by atoms with Crippen LogP contribution in [0.4, 0.5) is 13.2 Å². The molecule has 1 aromatic carbocycles. The van der Waals surface area contributed by atoms with Crippen molar-refractivity contribution in [1.82, 2.24) is 9.97 Å². The van der Waals surface area contributed by atoms with Gasteiger partial charge in [0, 0.05) is 28.7 Å². The molecule has 0 saturated carbocycles. The molecule has 2 aromatic heterocycles. The number of hydrogen-bond acceptors (Lipinski definition) is 2.